The number of primary sulfonamides is 1. The average Bonchev–Trinajstić information content (AvgIpc) is 2.75. The average molecular weight is 528 g/mol. The number of carbonyl (C=O) groups is 1. The molecule has 0 aromatic heterocycles. The number of carbonyl (C=O) groups excluding carboxylic acids is 1. The van der Waals surface area contributed by atoms with Crippen molar-refractivity contribution in [1.29, 1.82) is 0 Å². The van der Waals surface area contributed by atoms with Crippen molar-refractivity contribution in [3.8, 4) is 0 Å². The van der Waals surface area contributed by atoms with Gasteiger partial charge >= 0.3 is 0 Å². The quantitative estimate of drug-likeness (QED) is 0.463. The number of hydrogen-bond donors (Lipinski definition) is 2. The molecule has 0 spiro atoms. The molecule has 0 atom stereocenters. The molecule has 0 aliphatic carbocycles. The number of rotatable bonds is 8. The van der Waals surface area contributed by atoms with Crippen molar-refractivity contribution in [2.24, 2.45) is 5.14 Å². The van der Waals surface area contributed by atoms with Crippen LogP contribution in [0.25, 0.3) is 0 Å². The Morgan fingerprint density at radius 3 is 1.79 bits per heavy atom. The minimum absolute atomic E-state index is 0.0221. The number of hydrogen-bond acceptors (Lipinski definition) is 5. The molecule has 0 aliphatic rings. The summed E-state index contributed by atoms with van der Waals surface area (Å²) in [6, 6.07) is 17.4. The van der Waals surface area contributed by atoms with Crippen molar-refractivity contribution < 1.29 is 21.6 Å². The van der Waals surface area contributed by atoms with Crippen LogP contribution in [0, 0.1) is 0 Å². The Morgan fingerprint density at radius 2 is 1.27 bits per heavy atom. The third-order valence-corrected chi connectivity index (χ3v) is 7.75. The standard InChI is InChI=1S/C21H19Cl2N3O5S2/c22-16-3-1-15(2-4-16)13-26(33(30,31)20-9-5-17(23)6-10-20)14-21(27)25-18-7-11-19(12-8-18)32(24,28)29/h1-12H,13-14H2,(H,25,27)(H2,24,28,29). The van der Waals surface area contributed by atoms with E-state index in [1.165, 1.54) is 48.5 Å². The summed E-state index contributed by atoms with van der Waals surface area (Å²) in [5.74, 6) is -0.621. The predicted octanol–water partition coefficient (Wildman–Crippen LogP) is 3.47. The van der Waals surface area contributed by atoms with Gasteiger partial charge < -0.3 is 5.32 Å². The number of nitrogens with one attached hydrogen (secondary N) is 1. The fourth-order valence-electron chi connectivity index (χ4n) is 2.86. The third-order valence-electron chi connectivity index (χ3n) is 4.51. The first-order valence-corrected chi connectivity index (χ1v) is 13.1. The monoisotopic (exact) mass is 527 g/mol. The summed E-state index contributed by atoms with van der Waals surface area (Å²) in [6.45, 7) is -0.579. The summed E-state index contributed by atoms with van der Waals surface area (Å²) in [5.41, 5.74) is 0.907. The summed E-state index contributed by atoms with van der Waals surface area (Å²) >= 11 is 11.8. The number of benzene rings is 3. The molecule has 0 fully saturated rings. The lowest BCUT2D eigenvalue weighted by Crippen LogP contribution is -2.37. The molecule has 3 N–H and O–H groups in total. The first-order valence-electron chi connectivity index (χ1n) is 9.38. The van der Waals surface area contributed by atoms with Gasteiger partial charge in [0.2, 0.25) is 26.0 Å². The molecule has 0 bridgehead atoms. The van der Waals surface area contributed by atoms with Crippen LogP contribution in [-0.4, -0.2) is 33.6 Å². The molecule has 0 aliphatic heterocycles. The Hall–Kier alpha value is -2.47. The number of nitrogens with zero attached hydrogens (tertiary/aromatic N) is 1. The summed E-state index contributed by atoms with van der Waals surface area (Å²) < 4.78 is 50.3. The Morgan fingerprint density at radius 1 is 0.788 bits per heavy atom. The van der Waals surface area contributed by atoms with Gasteiger partial charge in [0, 0.05) is 22.3 Å². The highest BCUT2D eigenvalue weighted by atomic mass is 35.5. The SMILES string of the molecule is NS(=O)(=O)c1ccc(NC(=O)CN(Cc2ccc(Cl)cc2)S(=O)(=O)c2ccc(Cl)cc2)cc1. The largest absolute Gasteiger partial charge is 0.325 e. The van der Waals surface area contributed by atoms with E-state index in [-0.39, 0.29) is 22.0 Å². The molecule has 0 saturated heterocycles. The third kappa shape index (κ3) is 6.76. The van der Waals surface area contributed by atoms with E-state index in [2.05, 4.69) is 5.32 Å². The second-order valence-corrected chi connectivity index (χ2v) is 11.3. The van der Waals surface area contributed by atoms with Gasteiger partial charge in [-0.15, -0.1) is 0 Å². The number of sulfonamides is 2. The second kappa shape index (κ2) is 10.2. The van der Waals surface area contributed by atoms with E-state index in [1.54, 1.807) is 24.3 Å². The van der Waals surface area contributed by atoms with Crippen LogP contribution in [0.1, 0.15) is 5.56 Å². The number of anilines is 1. The van der Waals surface area contributed by atoms with Gasteiger partial charge in [-0.2, -0.15) is 4.31 Å². The van der Waals surface area contributed by atoms with E-state index < -0.39 is 32.5 Å². The number of nitrogens with two attached hydrogens (primary N) is 1. The molecule has 3 rings (SSSR count). The lowest BCUT2D eigenvalue weighted by Gasteiger charge is -2.22. The van der Waals surface area contributed by atoms with Crippen LogP contribution in [0.3, 0.4) is 0 Å². The van der Waals surface area contributed by atoms with Crippen molar-refractivity contribution in [3.63, 3.8) is 0 Å². The van der Waals surface area contributed by atoms with E-state index in [4.69, 9.17) is 28.3 Å². The van der Waals surface area contributed by atoms with E-state index in [0.29, 0.717) is 15.6 Å². The first-order chi connectivity index (χ1) is 15.4. The Balaban J connectivity index is 1.84. The van der Waals surface area contributed by atoms with Crippen molar-refractivity contribution in [1.82, 2.24) is 4.31 Å². The molecule has 0 heterocycles. The van der Waals surface area contributed by atoms with Gasteiger partial charge in [-0.05, 0) is 66.2 Å². The zero-order valence-corrected chi connectivity index (χ0v) is 20.1. The van der Waals surface area contributed by atoms with Crippen LogP contribution >= 0.6 is 23.2 Å². The molecule has 3 aromatic rings. The fourth-order valence-corrected chi connectivity index (χ4v) is 5.02. The zero-order chi connectivity index (χ0) is 24.2. The van der Waals surface area contributed by atoms with Crippen LogP contribution in [0.2, 0.25) is 10.0 Å². The van der Waals surface area contributed by atoms with Gasteiger partial charge in [0.15, 0.2) is 0 Å². The van der Waals surface area contributed by atoms with E-state index >= 15 is 0 Å². The molecule has 12 heteroatoms. The maximum atomic E-state index is 13.3. The van der Waals surface area contributed by atoms with Gasteiger partial charge in [0.1, 0.15) is 0 Å². The number of halogens is 2. The molecule has 8 nitrogen and oxygen atoms in total. The van der Waals surface area contributed by atoms with Gasteiger partial charge in [-0.1, -0.05) is 35.3 Å². The summed E-state index contributed by atoms with van der Waals surface area (Å²) in [5, 5.41) is 8.49. The first kappa shape index (κ1) is 25.2. The topological polar surface area (TPSA) is 127 Å². The maximum Gasteiger partial charge on any atom is 0.243 e. The molecular formula is C21H19Cl2N3O5S2. The minimum Gasteiger partial charge on any atom is -0.325 e. The molecule has 1 amide bonds. The van der Waals surface area contributed by atoms with Crippen LogP contribution in [0.5, 0.6) is 0 Å². The van der Waals surface area contributed by atoms with Gasteiger partial charge in [0.25, 0.3) is 0 Å². The highest BCUT2D eigenvalue weighted by molar-refractivity contribution is 7.89. The van der Waals surface area contributed by atoms with Gasteiger partial charge in [-0.3, -0.25) is 4.79 Å². The lowest BCUT2D eigenvalue weighted by molar-refractivity contribution is -0.116. The summed E-state index contributed by atoms with van der Waals surface area (Å²) in [7, 11) is -7.93. The van der Waals surface area contributed by atoms with E-state index in [0.717, 1.165) is 4.31 Å². The van der Waals surface area contributed by atoms with Crippen molar-refractivity contribution in [2.75, 3.05) is 11.9 Å². The molecule has 0 saturated carbocycles. The predicted molar refractivity (Wildman–Crippen MR) is 127 cm³/mol. The van der Waals surface area contributed by atoms with Crippen molar-refractivity contribution in [3.05, 3.63) is 88.4 Å². The van der Waals surface area contributed by atoms with Crippen molar-refractivity contribution >= 4 is 54.8 Å². The van der Waals surface area contributed by atoms with Crippen LogP contribution in [0.4, 0.5) is 5.69 Å². The van der Waals surface area contributed by atoms with Crippen LogP contribution < -0.4 is 10.5 Å². The maximum absolute atomic E-state index is 13.3. The number of amides is 1. The van der Waals surface area contributed by atoms with Crippen molar-refractivity contribution in [2.45, 2.75) is 16.3 Å². The van der Waals surface area contributed by atoms with E-state index in [9.17, 15) is 21.6 Å². The summed E-state index contributed by atoms with van der Waals surface area (Å²) in [4.78, 5) is 12.5. The molecule has 0 unspecified atom stereocenters. The molecule has 33 heavy (non-hydrogen) atoms. The second-order valence-electron chi connectivity index (χ2n) is 6.97. The molecule has 3 aromatic carbocycles. The minimum atomic E-state index is -4.05. The Kier molecular flexibility index (Phi) is 7.78. The smallest absolute Gasteiger partial charge is 0.243 e. The van der Waals surface area contributed by atoms with Crippen LogP contribution in [0.15, 0.2) is 82.6 Å². The lowest BCUT2D eigenvalue weighted by atomic mass is 10.2. The fraction of sp³-hybridized carbons (Fsp3) is 0.0952. The van der Waals surface area contributed by atoms with E-state index in [1.807, 2.05) is 0 Å². The molecule has 174 valence electrons. The zero-order valence-electron chi connectivity index (χ0n) is 17.0. The highest BCUT2D eigenvalue weighted by Crippen LogP contribution is 2.22. The van der Waals surface area contributed by atoms with Gasteiger partial charge in [-0.25, -0.2) is 22.0 Å². The molecule has 0 radical (unpaired) electrons. The highest BCUT2D eigenvalue weighted by Gasteiger charge is 2.27. The summed E-state index contributed by atoms with van der Waals surface area (Å²) in [6.07, 6.45) is 0. The van der Waals surface area contributed by atoms with Crippen LogP contribution in [-0.2, 0) is 31.4 Å². The Labute approximate surface area is 202 Å². The molecular weight excluding hydrogens is 509 g/mol. The Bertz CT molecular complexity index is 1340. The normalized spacial score (nSPS) is 12.0. The van der Waals surface area contributed by atoms with Gasteiger partial charge in [0.05, 0.1) is 16.3 Å².